The quantitative estimate of drug-likeness (QED) is 0.579. The van der Waals surface area contributed by atoms with E-state index >= 15 is 0 Å². The number of nitrogens with zero attached hydrogens (tertiary/aromatic N) is 1. The van der Waals surface area contributed by atoms with Gasteiger partial charge >= 0.3 is 11.9 Å². The molecule has 3 rings (SSSR count). The van der Waals surface area contributed by atoms with Gasteiger partial charge in [0.2, 0.25) is 5.90 Å². The highest BCUT2D eigenvalue weighted by Gasteiger charge is 2.25. The molecular formula is C20H17NO7. The van der Waals surface area contributed by atoms with Gasteiger partial charge in [0.15, 0.2) is 12.3 Å². The van der Waals surface area contributed by atoms with E-state index in [1.54, 1.807) is 48.5 Å². The van der Waals surface area contributed by atoms with Crippen LogP contribution < -0.4 is 14.2 Å². The normalized spacial score (nSPS) is 14.4. The number of methoxy groups -OCH3 is 2. The highest BCUT2D eigenvalue weighted by atomic mass is 16.6. The van der Waals surface area contributed by atoms with Gasteiger partial charge in [-0.25, -0.2) is 14.6 Å². The molecule has 1 aliphatic rings. The summed E-state index contributed by atoms with van der Waals surface area (Å²) in [5.41, 5.74) is 1.37. The maximum atomic E-state index is 12.2. The first-order chi connectivity index (χ1) is 13.5. The summed E-state index contributed by atoms with van der Waals surface area (Å²) >= 11 is 0. The third kappa shape index (κ3) is 4.47. The van der Waals surface area contributed by atoms with Crippen molar-refractivity contribution in [2.75, 3.05) is 20.8 Å². The number of aliphatic carboxylic acids is 1. The average molecular weight is 383 g/mol. The Morgan fingerprint density at radius 2 is 1.71 bits per heavy atom. The number of cyclic esters (lactones) is 1. The van der Waals surface area contributed by atoms with E-state index in [1.165, 1.54) is 14.2 Å². The van der Waals surface area contributed by atoms with Crippen molar-refractivity contribution in [3.63, 3.8) is 0 Å². The molecule has 0 bridgehead atoms. The van der Waals surface area contributed by atoms with E-state index in [1.807, 2.05) is 0 Å². The van der Waals surface area contributed by atoms with E-state index in [2.05, 4.69) is 4.99 Å². The molecule has 1 N–H and O–H groups in total. The molecular weight excluding hydrogens is 366 g/mol. The summed E-state index contributed by atoms with van der Waals surface area (Å²) in [6.07, 6.45) is 1.56. The Labute approximate surface area is 160 Å². The van der Waals surface area contributed by atoms with Gasteiger partial charge in [0.05, 0.1) is 14.2 Å². The Hall–Kier alpha value is -3.81. The Kier molecular flexibility index (Phi) is 5.59. The summed E-state index contributed by atoms with van der Waals surface area (Å²) in [6.45, 7) is -0.426. The van der Waals surface area contributed by atoms with E-state index in [-0.39, 0.29) is 11.6 Å². The SMILES string of the molecule is COc1cc(OC)cc(C2=N/C(=C\c3ccc(OCC(=O)O)cc3)C(=O)O2)c1. The van der Waals surface area contributed by atoms with Crippen molar-refractivity contribution in [1.29, 1.82) is 0 Å². The zero-order chi connectivity index (χ0) is 20.1. The first kappa shape index (κ1) is 19.0. The molecule has 8 nitrogen and oxygen atoms in total. The van der Waals surface area contributed by atoms with E-state index in [0.717, 1.165) is 0 Å². The molecule has 2 aromatic rings. The molecule has 1 aliphatic heterocycles. The standard InChI is InChI=1S/C20H17NO7/c1-25-15-8-13(9-16(10-15)26-2)19-21-17(20(24)28-19)7-12-3-5-14(6-4-12)27-11-18(22)23/h3-10H,11H2,1-2H3,(H,22,23)/b17-7-. The Bertz CT molecular complexity index is 939. The number of hydrogen-bond acceptors (Lipinski definition) is 7. The molecule has 0 saturated heterocycles. The number of carboxylic acid groups (broad SMARTS) is 1. The lowest BCUT2D eigenvalue weighted by molar-refractivity contribution is -0.139. The first-order valence-electron chi connectivity index (χ1n) is 8.19. The van der Waals surface area contributed by atoms with E-state index in [9.17, 15) is 9.59 Å². The molecule has 28 heavy (non-hydrogen) atoms. The Morgan fingerprint density at radius 1 is 1.07 bits per heavy atom. The second-order valence-corrected chi connectivity index (χ2v) is 5.69. The molecule has 0 aromatic heterocycles. The van der Waals surface area contributed by atoms with Crippen molar-refractivity contribution in [2.24, 2.45) is 4.99 Å². The molecule has 2 aromatic carbocycles. The van der Waals surface area contributed by atoms with Crippen LogP contribution in [0.15, 0.2) is 53.2 Å². The minimum Gasteiger partial charge on any atom is -0.497 e. The van der Waals surface area contributed by atoms with Crippen LogP contribution >= 0.6 is 0 Å². The van der Waals surface area contributed by atoms with E-state index < -0.39 is 18.5 Å². The molecule has 0 atom stereocenters. The summed E-state index contributed by atoms with van der Waals surface area (Å²) in [7, 11) is 3.05. The molecule has 0 aliphatic carbocycles. The van der Waals surface area contributed by atoms with Crippen LogP contribution in [0.1, 0.15) is 11.1 Å². The smallest absolute Gasteiger partial charge is 0.363 e. The minimum atomic E-state index is -1.06. The van der Waals surface area contributed by atoms with E-state index in [4.69, 9.17) is 24.1 Å². The molecule has 144 valence electrons. The highest BCUT2D eigenvalue weighted by molar-refractivity contribution is 6.13. The second kappa shape index (κ2) is 8.26. The monoisotopic (exact) mass is 383 g/mol. The fraction of sp³-hybridized carbons (Fsp3) is 0.150. The number of carbonyl (C=O) groups excluding carboxylic acids is 1. The van der Waals surface area contributed by atoms with Crippen molar-refractivity contribution >= 4 is 23.9 Å². The predicted octanol–water partition coefficient (Wildman–Crippen LogP) is 2.51. The van der Waals surface area contributed by atoms with E-state index in [0.29, 0.717) is 28.4 Å². The van der Waals surface area contributed by atoms with Gasteiger partial charge in [0.25, 0.3) is 0 Å². The summed E-state index contributed by atoms with van der Waals surface area (Å²) in [5, 5.41) is 8.62. The summed E-state index contributed by atoms with van der Waals surface area (Å²) < 4.78 is 20.8. The van der Waals surface area contributed by atoms with Gasteiger partial charge in [-0.05, 0) is 35.9 Å². The number of rotatable bonds is 7. The van der Waals surface area contributed by atoms with Gasteiger partial charge < -0.3 is 24.1 Å². The van der Waals surface area contributed by atoms with Crippen molar-refractivity contribution in [3.8, 4) is 17.2 Å². The van der Waals surface area contributed by atoms with Gasteiger partial charge in [0, 0.05) is 11.6 Å². The molecule has 0 saturated carbocycles. The maximum absolute atomic E-state index is 12.2. The molecule has 0 spiro atoms. The summed E-state index contributed by atoms with van der Waals surface area (Å²) in [4.78, 5) is 26.9. The van der Waals surface area contributed by atoms with Crippen LogP contribution in [0.5, 0.6) is 17.2 Å². The number of carboxylic acids is 1. The number of ether oxygens (including phenoxy) is 4. The predicted molar refractivity (Wildman–Crippen MR) is 99.7 cm³/mol. The van der Waals surface area contributed by atoms with Crippen LogP contribution in [-0.4, -0.2) is 43.8 Å². The van der Waals surface area contributed by atoms with Gasteiger partial charge in [-0.15, -0.1) is 0 Å². The number of aliphatic imine (C=N–C) groups is 1. The number of hydrogen-bond donors (Lipinski definition) is 1. The first-order valence-corrected chi connectivity index (χ1v) is 8.19. The van der Waals surface area contributed by atoms with Crippen LogP contribution in [0, 0.1) is 0 Å². The third-order valence-electron chi connectivity index (χ3n) is 3.76. The highest BCUT2D eigenvalue weighted by Crippen LogP contribution is 2.26. The zero-order valence-corrected chi connectivity index (χ0v) is 15.2. The molecule has 0 unspecified atom stereocenters. The summed E-state index contributed by atoms with van der Waals surface area (Å²) in [5.74, 6) is 0.00459. The number of carbonyl (C=O) groups is 2. The molecule has 8 heteroatoms. The molecule has 0 amide bonds. The fourth-order valence-corrected chi connectivity index (χ4v) is 2.43. The lowest BCUT2D eigenvalue weighted by Gasteiger charge is -2.07. The lowest BCUT2D eigenvalue weighted by Crippen LogP contribution is -2.09. The third-order valence-corrected chi connectivity index (χ3v) is 3.76. The maximum Gasteiger partial charge on any atom is 0.363 e. The summed E-state index contributed by atoms with van der Waals surface area (Å²) in [6, 6.07) is 11.6. The number of esters is 1. The topological polar surface area (TPSA) is 104 Å². The largest absolute Gasteiger partial charge is 0.497 e. The lowest BCUT2D eigenvalue weighted by atomic mass is 10.2. The van der Waals surface area contributed by atoms with Crippen LogP contribution in [0.4, 0.5) is 0 Å². The average Bonchev–Trinajstić information content (AvgIpc) is 3.07. The van der Waals surface area contributed by atoms with Crippen molar-refractivity contribution in [3.05, 3.63) is 59.3 Å². The molecule has 1 heterocycles. The van der Waals surface area contributed by atoms with Gasteiger partial charge in [-0.2, -0.15) is 0 Å². The Morgan fingerprint density at radius 3 is 2.29 bits per heavy atom. The fourth-order valence-electron chi connectivity index (χ4n) is 2.43. The van der Waals surface area contributed by atoms with Gasteiger partial charge in [0.1, 0.15) is 17.2 Å². The Balaban J connectivity index is 1.82. The molecule has 0 fully saturated rings. The second-order valence-electron chi connectivity index (χ2n) is 5.69. The van der Waals surface area contributed by atoms with Crippen LogP contribution in [0.25, 0.3) is 6.08 Å². The van der Waals surface area contributed by atoms with Crippen LogP contribution in [0.2, 0.25) is 0 Å². The van der Waals surface area contributed by atoms with Crippen molar-refractivity contribution in [1.82, 2.24) is 0 Å². The minimum absolute atomic E-state index is 0.135. The van der Waals surface area contributed by atoms with Gasteiger partial charge in [-0.3, -0.25) is 0 Å². The number of benzene rings is 2. The van der Waals surface area contributed by atoms with Crippen LogP contribution in [0.3, 0.4) is 0 Å². The van der Waals surface area contributed by atoms with Gasteiger partial charge in [-0.1, -0.05) is 12.1 Å². The zero-order valence-electron chi connectivity index (χ0n) is 15.2. The van der Waals surface area contributed by atoms with Crippen LogP contribution in [-0.2, 0) is 14.3 Å². The van der Waals surface area contributed by atoms with Crippen molar-refractivity contribution in [2.45, 2.75) is 0 Å². The van der Waals surface area contributed by atoms with Crippen molar-refractivity contribution < 1.29 is 33.6 Å². The molecule has 0 radical (unpaired) electrons.